The second-order valence-corrected chi connectivity index (χ2v) is 8.16. The van der Waals surface area contributed by atoms with Gasteiger partial charge in [0, 0.05) is 13.1 Å². The average molecular weight is 378 g/mol. The van der Waals surface area contributed by atoms with Crippen molar-refractivity contribution in [3.05, 3.63) is 34.8 Å². The summed E-state index contributed by atoms with van der Waals surface area (Å²) >= 11 is 1.37. The molecule has 0 spiro atoms. The molecule has 0 amide bonds. The molecule has 1 fully saturated rings. The molecule has 1 saturated heterocycles. The van der Waals surface area contributed by atoms with Gasteiger partial charge < -0.3 is 4.90 Å². The summed E-state index contributed by atoms with van der Waals surface area (Å²) in [5.74, 6) is 0. The Morgan fingerprint density at radius 2 is 1.92 bits per heavy atom. The highest BCUT2D eigenvalue weighted by atomic mass is 32.2. The van der Waals surface area contributed by atoms with Gasteiger partial charge in [-0.25, -0.2) is 13.1 Å². The van der Waals surface area contributed by atoms with Crippen molar-refractivity contribution in [3.8, 4) is 0 Å². The number of sulfonamides is 1. The van der Waals surface area contributed by atoms with Crippen molar-refractivity contribution in [2.24, 2.45) is 0 Å². The van der Waals surface area contributed by atoms with Gasteiger partial charge in [-0.2, -0.15) is 13.2 Å². The summed E-state index contributed by atoms with van der Waals surface area (Å²) in [6.45, 7) is 2.47. The first-order valence-corrected chi connectivity index (χ1v) is 9.20. The molecule has 0 bridgehead atoms. The van der Waals surface area contributed by atoms with Crippen molar-refractivity contribution in [1.82, 2.24) is 14.9 Å². The highest BCUT2D eigenvalue weighted by molar-refractivity contribution is 7.89. The van der Waals surface area contributed by atoms with E-state index in [4.69, 9.17) is 0 Å². The Labute approximate surface area is 140 Å². The third-order valence-electron chi connectivity index (χ3n) is 3.47. The Kier molecular flexibility index (Phi) is 4.26. The van der Waals surface area contributed by atoms with E-state index < -0.39 is 32.7 Å². The first kappa shape index (κ1) is 17.1. The van der Waals surface area contributed by atoms with Gasteiger partial charge in [-0.15, -0.1) is 10.2 Å². The molecule has 1 aromatic heterocycles. The van der Waals surface area contributed by atoms with Crippen LogP contribution in [0.5, 0.6) is 0 Å². The number of anilines is 1. The predicted molar refractivity (Wildman–Crippen MR) is 82.4 cm³/mol. The molecule has 3 rings (SSSR count). The van der Waals surface area contributed by atoms with Crippen LogP contribution >= 0.6 is 11.3 Å². The summed E-state index contributed by atoms with van der Waals surface area (Å²) in [6, 6.07) is 3.66. The minimum Gasteiger partial charge on any atom is -0.343 e. The Morgan fingerprint density at radius 3 is 2.50 bits per heavy atom. The van der Waals surface area contributed by atoms with Crippen LogP contribution < -0.4 is 9.62 Å². The van der Waals surface area contributed by atoms with Crippen molar-refractivity contribution in [2.75, 3.05) is 18.0 Å². The van der Waals surface area contributed by atoms with E-state index in [1.54, 1.807) is 6.92 Å². The van der Waals surface area contributed by atoms with Gasteiger partial charge in [0.15, 0.2) is 0 Å². The predicted octanol–water partition coefficient (Wildman–Crippen LogP) is 2.03. The molecule has 0 atom stereocenters. The number of hydrogen-bond donors (Lipinski definition) is 1. The number of aromatic nitrogens is 2. The Morgan fingerprint density at radius 1 is 1.25 bits per heavy atom. The molecular weight excluding hydrogens is 365 g/mol. The second-order valence-electron chi connectivity index (χ2n) is 5.32. The van der Waals surface area contributed by atoms with Gasteiger partial charge in [-0.05, 0) is 19.1 Å². The molecule has 6 nitrogen and oxygen atoms in total. The minimum atomic E-state index is -4.74. The largest absolute Gasteiger partial charge is 0.417 e. The maximum Gasteiger partial charge on any atom is 0.417 e. The van der Waals surface area contributed by atoms with E-state index in [-0.39, 0.29) is 0 Å². The van der Waals surface area contributed by atoms with Gasteiger partial charge in [0.05, 0.1) is 16.5 Å². The van der Waals surface area contributed by atoms with Gasteiger partial charge in [0.25, 0.3) is 0 Å². The van der Waals surface area contributed by atoms with Crippen molar-refractivity contribution in [1.29, 1.82) is 0 Å². The Balaban J connectivity index is 1.72. The summed E-state index contributed by atoms with van der Waals surface area (Å²) in [5, 5.41) is 9.26. The third-order valence-corrected chi connectivity index (χ3v) is 5.95. The molecule has 0 saturated carbocycles. The Bertz CT molecular complexity index is 845. The molecule has 130 valence electrons. The van der Waals surface area contributed by atoms with Gasteiger partial charge >= 0.3 is 6.18 Å². The maximum atomic E-state index is 13.0. The second kappa shape index (κ2) is 5.97. The lowest BCUT2D eigenvalue weighted by atomic mass is 10.1. The molecular formula is C13H13F3N4O2S2. The van der Waals surface area contributed by atoms with Gasteiger partial charge in [-0.3, -0.25) is 0 Å². The highest BCUT2D eigenvalue weighted by Crippen LogP contribution is 2.34. The normalized spacial score (nSPS) is 16.2. The summed E-state index contributed by atoms with van der Waals surface area (Å²) in [4.78, 5) is 1.05. The smallest absolute Gasteiger partial charge is 0.343 e. The lowest BCUT2D eigenvalue weighted by Crippen LogP contribution is -2.59. The molecule has 24 heavy (non-hydrogen) atoms. The molecule has 2 aromatic rings. The number of nitrogens with zero attached hydrogens (tertiary/aromatic N) is 3. The number of nitrogens with one attached hydrogen (secondary N) is 1. The van der Waals surface area contributed by atoms with Crippen LogP contribution in [0.25, 0.3) is 0 Å². The van der Waals surface area contributed by atoms with E-state index in [0.29, 0.717) is 18.2 Å². The van der Waals surface area contributed by atoms with E-state index in [1.807, 2.05) is 4.90 Å². The van der Waals surface area contributed by atoms with Crippen molar-refractivity contribution in [2.45, 2.75) is 24.0 Å². The van der Waals surface area contributed by atoms with Crippen LogP contribution in [0.3, 0.4) is 0 Å². The molecule has 1 N–H and O–H groups in total. The number of rotatable bonds is 4. The summed E-state index contributed by atoms with van der Waals surface area (Å²) in [7, 11) is -4.26. The Hall–Kier alpha value is -1.72. The standard InChI is InChI=1S/C13H13F3N4O2S2/c1-8-17-18-12(23-8)20-6-9(7-20)19-24(21,22)11-5-3-2-4-10(11)13(14,15)16/h2-5,9,19H,6-7H2,1H3. The fraction of sp³-hybridized carbons (Fsp3) is 0.385. The summed E-state index contributed by atoms with van der Waals surface area (Å²) < 4.78 is 65.9. The maximum absolute atomic E-state index is 13.0. The zero-order valence-electron chi connectivity index (χ0n) is 12.4. The van der Waals surface area contributed by atoms with Crippen LogP contribution in [0.15, 0.2) is 29.2 Å². The zero-order chi connectivity index (χ0) is 17.5. The third kappa shape index (κ3) is 3.37. The van der Waals surface area contributed by atoms with Crippen LogP contribution in [0.1, 0.15) is 10.6 Å². The zero-order valence-corrected chi connectivity index (χ0v) is 14.0. The molecule has 0 aliphatic carbocycles. The summed E-state index contributed by atoms with van der Waals surface area (Å²) in [5.41, 5.74) is -1.17. The van der Waals surface area contributed by atoms with Crippen LogP contribution in [0.2, 0.25) is 0 Å². The van der Waals surface area contributed by atoms with Crippen molar-refractivity contribution in [3.63, 3.8) is 0 Å². The minimum absolute atomic E-state index is 0.335. The van der Waals surface area contributed by atoms with Gasteiger partial charge in [-0.1, -0.05) is 23.5 Å². The van der Waals surface area contributed by atoms with Crippen LogP contribution in [-0.4, -0.2) is 37.7 Å². The fourth-order valence-corrected chi connectivity index (χ4v) is 4.49. The topological polar surface area (TPSA) is 75.2 Å². The highest BCUT2D eigenvalue weighted by Gasteiger charge is 2.39. The average Bonchev–Trinajstić information content (AvgIpc) is 2.87. The van der Waals surface area contributed by atoms with Crippen LogP contribution in [0.4, 0.5) is 18.3 Å². The van der Waals surface area contributed by atoms with Crippen LogP contribution in [-0.2, 0) is 16.2 Å². The van der Waals surface area contributed by atoms with E-state index in [2.05, 4.69) is 14.9 Å². The SMILES string of the molecule is Cc1nnc(N2CC(NS(=O)(=O)c3ccccc3C(F)(F)F)C2)s1. The van der Waals surface area contributed by atoms with Crippen molar-refractivity contribution < 1.29 is 21.6 Å². The van der Waals surface area contributed by atoms with Crippen LogP contribution in [0, 0.1) is 6.92 Å². The fourth-order valence-electron chi connectivity index (χ4n) is 2.34. The molecule has 1 aliphatic heterocycles. The number of benzene rings is 1. The van der Waals surface area contributed by atoms with E-state index in [1.165, 1.54) is 17.4 Å². The van der Waals surface area contributed by atoms with E-state index in [0.717, 1.165) is 23.2 Å². The monoisotopic (exact) mass is 378 g/mol. The summed E-state index contributed by atoms with van der Waals surface area (Å²) in [6.07, 6.45) is -4.74. The van der Waals surface area contributed by atoms with E-state index in [9.17, 15) is 21.6 Å². The molecule has 0 radical (unpaired) electrons. The number of alkyl halides is 3. The first-order valence-electron chi connectivity index (χ1n) is 6.90. The lowest BCUT2D eigenvalue weighted by Gasteiger charge is -2.38. The first-order chi connectivity index (χ1) is 11.2. The number of aryl methyl sites for hydroxylation is 1. The molecule has 11 heteroatoms. The molecule has 1 aliphatic rings. The molecule has 2 heterocycles. The van der Waals surface area contributed by atoms with Gasteiger partial charge in [0.1, 0.15) is 5.01 Å². The number of halogens is 3. The molecule has 1 aromatic carbocycles. The van der Waals surface area contributed by atoms with Gasteiger partial charge in [0.2, 0.25) is 15.2 Å². The quantitative estimate of drug-likeness (QED) is 0.881. The van der Waals surface area contributed by atoms with Crippen molar-refractivity contribution >= 4 is 26.5 Å². The number of hydrogen-bond acceptors (Lipinski definition) is 6. The molecule has 0 unspecified atom stereocenters. The lowest BCUT2D eigenvalue weighted by molar-refractivity contribution is -0.139. The van der Waals surface area contributed by atoms with E-state index >= 15 is 0 Å².